The Morgan fingerprint density at radius 1 is 1.23 bits per heavy atom. The molecule has 0 bridgehead atoms. The number of carbonyl (C=O) groups excluding carboxylic acids is 2. The van der Waals surface area contributed by atoms with E-state index in [1.165, 1.54) is 4.90 Å². The van der Waals surface area contributed by atoms with E-state index < -0.39 is 11.7 Å². The summed E-state index contributed by atoms with van der Waals surface area (Å²) in [5.41, 5.74) is 0.805. The van der Waals surface area contributed by atoms with Crippen LogP contribution in [0, 0.1) is 0 Å². The molecule has 0 N–H and O–H groups in total. The molecule has 1 fully saturated rings. The molecule has 0 spiro atoms. The molecule has 0 aliphatic carbocycles. The lowest BCUT2D eigenvalue weighted by Crippen LogP contribution is -2.34. The van der Waals surface area contributed by atoms with Crippen molar-refractivity contribution in [3.63, 3.8) is 0 Å². The molecule has 120 valence electrons. The highest BCUT2D eigenvalue weighted by atomic mass is 32.2. The molecule has 1 aliphatic heterocycles. The Kier molecular flexibility index (Phi) is 5.01. The molecule has 0 aromatic heterocycles. The Bertz CT molecular complexity index is 546. The van der Waals surface area contributed by atoms with Gasteiger partial charge in [0.2, 0.25) is 0 Å². The van der Waals surface area contributed by atoms with Gasteiger partial charge < -0.3 is 9.64 Å². The van der Waals surface area contributed by atoms with Crippen LogP contribution in [0.25, 0.3) is 0 Å². The summed E-state index contributed by atoms with van der Waals surface area (Å²) in [5.74, 6) is 1.78. The lowest BCUT2D eigenvalue weighted by atomic mass is 10.1. The average molecular weight is 322 g/mol. The van der Waals surface area contributed by atoms with Crippen LogP contribution in [0.5, 0.6) is 0 Å². The van der Waals surface area contributed by atoms with Gasteiger partial charge in [0.15, 0.2) is 0 Å². The summed E-state index contributed by atoms with van der Waals surface area (Å²) in [6.07, 6.45) is -0.414. The maximum absolute atomic E-state index is 12.3. The second-order valence-corrected chi connectivity index (χ2v) is 7.27. The molecule has 1 aromatic rings. The molecule has 5 nitrogen and oxygen atoms in total. The van der Waals surface area contributed by atoms with E-state index in [9.17, 15) is 9.59 Å². The lowest BCUT2D eigenvalue weighted by Gasteiger charge is -2.24. The Morgan fingerprint density at radius 3 is 2.36 bits per heavy atom. The fraction of sp³-hybridized carbons (Fsp3) is 0.500. The van der Waals surface area contributed by atoms with Gasteiger partial charge in [-0.05, 0) is 45.0 Å². The third-order valence-corrected chi connectivity index (χ3v) is 4.17. The first-order chi connectivity index (χ1) is 10.3. The van der Waals surface area contributed by atoms with E-state index in [1.807, 2.05) is 25.7 Å². The summed E-state index contributed by atoms with van der Waals surface area (Å²) in [7, 11) is 1.65. The van der Waals surface area contributed by atoms with Crippen LogP contribution in [-0.2, 0) is 4.74 Å². The molecule has 1 saturated heterocycles. The van der Waals surface area contributed by atoms with E-state index in [2.05, 4.69) is 0 Å². The highest BCUT2D eigenvalue weighted by Crippen LogP contribution is 2.20. The first-order valence-corrected chi connectivity index (χ1v) is 8.37. The fourth-order valence-corrected chi connectivity index (χ4v) is 2.97. The minimum absolute atomic E-state index is 0.0384. The van der Waals surface area contributed by atoms with Crippen LogP contribution in [0.4, 0.5) is 10.5 Å². The zero-order valence-electron chi connectivity index (χ0n) is 13.5. The van der Waals surface area contributed by atoms with Crippen LogP contribution in [0.1, 0.15) is 31.1 Å². The molecule has 0 radical (unpaired) electrons. The second kappa shape index (κ2) is 6.60. The van der Waals surface area contributed by atoms with Crippen molar-refractivity contribution in [2.75, 3.05) is 30.1 Å². The van der Waals surface area contributed by atoms with Crippen molar-refractivity contribution in [3.8, 4) is 0 Å². The molecular formula is C16H22N2O3S. The van der Waals surface area contributed by atoms with Gasteiger partial charge in [-0.15, -0.1) is 11.8 Å². The van der Waals surface area contributed by atoms with Crippen LogP contribution in [-0.4, -0.2) is 47.7 Å². The van der Waals surface area contributed by atoms with Crippen LogP contribution in [0.15, 0.2) is 24.3 Å². The van der Waals surface area contributed by atoms with Gasteiger partial charge >= 0.3 is 6.09 Å². The first-order valence-electron chi connectivity index (χ1n) is 7.22. The second-order valence-electron chi connectivity index (χ2n) is 6.19. The van der Waals surface area contributed by atoms with Crippen molar-refractivity contribution in [3.05, 3.63) is 29.8 Å². The number of hydrogen-bond donors (Lipinski definition) is 0. The predicted octanol–water partition coefficient (Wildman–Crippen LogP) is 3.20. The maximum Gasteiger partial charge on any atom is 0.414 e. The summed E-state index contributed by atoms with van der Waals surface area (Å²) in [6.45, 7) is 6.28. The average Bonchev–Trinajstić information content (AvgIpc) is 2.98. The quantitative estimate of drug-likeness (QED) is 0.839. The molecule has 2 rings (SSSR count). The van der Waals surface area contributed by atoms with E-state index in [4.69, 9.17) is 4.74 Å². The van der Waals surface area contributed by atoms with Crippen molar-refractivity contribution < 1.29 is 14.3 Å². The molecule has 0 saturated carbocycles. The van der Waals surface area contributed by atoms with Gasteiger partial charge in [-0.25, -0.2) is 4.79 Å². The largest absolute Gasteiger partial charge is 0.443 e. The minimum atomic E-state index is -0.533. The summed E-state index contributed by atoms with van der Waals surface area (Å²) in [4.78, 5) is 27.5. The van der Waals surface area contributed by atoms with Crippen LogP contribution >= 0.6 is 11.8 Å². The SMILES string of the molecule is CN(C(=O)OC(C)(C)C)c1ccc(C(=O)N2CCSC2)cc1. The van der Waals surface area contributed by atoms with Crippen molar-refractivity contribution in [2.45, 2.75) is 26.4 Å². The summed E-state index contributed by atoms with van der Waals surface area (Å²) >= 11 is 1.76. The molecular weight excluding hydrogens is 300 g/mol. The summed E-state index contributed by atoms with van der Waals surface area (Å²) < 4.78 is 5.32. The Hall–Kier alpha value is -1.69. The predicted molar refractivity (Wildman–Crippen MR) is 89.4 cm³/mol. The fourth-order valence-electron chi connectivity index (χ4n) is 2.02. The first kappa shape index (κ1) is 16.7. The molecule has 0 atom stereocenters. The van der Waals surface area contributed by atoms with E-state index in [1.54, 1.807) is 43.1 Å². The Balaban J connectivity index is 2.04. The molecule has 6 heteroatoms. The Morgan fingerprint density at radius 2 is 1.86 bits per heavy atom. The number of carbonyl (C=O) groups is 2. The molecule has 0 unspecified atom stereocenters. The number of rotatable bonds is 2. The van der Waals surface area contributed by atoms with Gasteiger partial charge in [-0.1, -0.05) is 0 Å². The number of ether oxygens (including phenoxy) is 1. The van der Waals surface area contributed by atoms with Gasteiger partial charge in [-0.2, -0.15) is 0 Å². The number of anilines is 1. The van der Waals surface area contributed by atoms with E-state index in [0.29, 0.717) is 11.3 Å². The van der Waals surface area contributed by atoms with Crippen molar-refractivity contribution >= 4 is 29.4 Å². The third kappa shape index (κ3) is 4.16. The monoisotopic (exact) mass is 322 g/mol. The van der Waals surface area contributed by atoms with E-state index >= 15 is 0 Å². The summed E-state index contributed by atoms with van der Waals surface area (Å²) in [6, 6.07) is 7.03. The highest BCUT2D eigenvalue weighted by Gasteiger charge is 2.22. The van der Waals surface area contributed by atoms with Crippen LogP contribution in [0.2, 0.25) is 0 Å². The maximum atomic E-state index is 12.3. The van der Waals surface area contributed by atoms with Gasteiger partial charge in [0.1, 0.15) is 5.60 Å². The van der Waals surface area contributed by atoms with Crippen LogP contribution < -0.4 is 4.90 Å². The molecule has 1 aliphatic rings. The molecule has 2 amide bonds. The standard InChI is InChI=1S/C16H22N2O3S/c1-16(2,3)21-15(20)17(4)13-7-5-12(6-8-13)14(19)18-9-10-22-11-18/h5-8H,9-11H2,1-4H3. The highest BCUT2D eigenvalue weighted by molar-refractivity contribution is 7.99. The van der Waals surface area contributed by atoms with E-state index in [-0.39, 0.29) is 5.91 Å². The topological polar surface area (TPSA) is 49.9 Å². The van der Waals surface area contributed by atoms with Gasteiger partial charge in [0, 0.05) is 30.6 Å². The zero-order chi connectivity index (χ0) is 16.3. The Labute approximate surface area is 135 Å². The minimum Gasteiger partial charge on any atom is -0.443 e. The van der Waals surface area contributed by atoms with Crippen molar-refractivity contribution in [1.29, 1.82) is 0 Å². The van der Waals surface area contributed by atoms with Gasteiger partial charge in [0.05, 0.1) is 5.88 Å². The number of hydrogen-bond acceptors (Lipinski definition) is 4. The summed E-state index contributed by atoms with van der Waals surface area (Å²) in [5, 5.41) is 0. The lowest BCUT2D eigenvalue weighted by molar-refractivity contribution is 0.0589. The number of nitrogens with zero attached hydrogens (tertiary/aromatic N) is 2. The molecule has 1 aromatic carbocycles. The molecule has 1 heterocycles. The van der Waals surface area contributed by atoms with Crippen molar-refractivity contribution in [1.82, 2.24) is 4.90 Å². The third-order valence-electron chi connectivity index (χ3n) is 3.21. The smallest absolute Gasteiger partial charge is 0.414 e. The number of benzene rings is 1. The number of amides is 2. The normalized spacial score (nSPS) is 14.8. The van der Waals surface area contributed by atoms with Crippen molar-refractivity contribution in [2.24, 2.45) is 0 Å². The van der Waals surface area contributed by atoms with Crippen LogP contribution in [0.3, 0.4) is 0 Å². The molecule has 22 heavy (non-hydrogen) atoms. The van der Waals surface area contributed by atoms with E-state index in [0.717, 1.165) is 18.2 Å². The number of thioether (sulfide) groups is 1. The van der Waals surface area contributed by atoms with Gasteiger partial charge in [0.25, 0.3) is 5.91 Å². The zero-order valence-corrected chi connectivity index (χ0v) is 14.3. The van der Waals surface area contributed by atoms with Gasteiger partial charge in [-0.3, -0.25) is 9.69 Å².